The molecule has 0 aliphatic rings. The van der Waals surface area contributed by atoms with Gasteiger partial charge in [0, 0.05) is 48.0 Å². The molecule has 23 heteroatoms. The number of alkyl halides is 6. The lowest BCUT2D eigenvalue weighted by Crippen LogP contribution is -2.37. The molecule has 4 aromatic carbocycles. The molecule has 4 aromatic heterocycles. The van der Waals surface area contributed by atoms with E-state index in [0.29, 0.717) is 42.3 Å². The molecule has 0 atom stereocenters. The Balaban J connectivity index is 0.000000182. The van der Waals surface area contributed by atoms with Gasteiger partial charge in [0.15, 0.2) is 32.2 Å². The average Bonchev–Trinajstić information content (AvgIpc) is 3.78. The lowest BCUT2D eigenvalue weighted by atomic mass is 10.2. The second-order valence-electron chi connectivity index (χ2n) is 14.1. The quantitative estimate of drug-likeness (QED) is 0.100. The summed E-state index contributed by atoms with van der Waals surface area (Å²) >= 11 is 20.0. The van der Waals surface area contributed by atoms with E-state index >= 15 is 0 Å². The zero-order valence-electron chi connectivity index (χ0n) is 34.1. The van der Waals surface area contributed by atoms with Crippen molar-refractivity contribution >= 4 is 85.9 Å². The van der Waals surface area contributed by atoms with Gasteiger partial charge >= 0.3 is 23.7 Å². The first kappa shape index (κ1) is 49.0. The topological polar surface area (TPSA) is 124 Å². The molecule has 65 heavy (non-hydrogen) atoms. The molecule has 0 fully saturated rings. The first-order valence-electron chi connectivity index (χ1n) is 18.6. The molecule has 12 nitrogen and oxygen atoms in total. The van der Waals surface area contributed by atoms with Crippen LogP contribution in [0, 0.1) is 0 Å². The molecule has 8 aromatic rings. The highest BCUT2D eigenvalue weighted by Gasteiger charge is 2.31. The van der Waals surface area contributed by atoms with Gasteiger partial charge in [-0.1, -0.05) is 71.4 Å². The van der Waals surface area contributed by atoms with E-state index in [1.165, 1.54) is 54.5 Å². The van der Waals surface area contributed by atoms with Crippen molar-refractivity contribution in [2.24, 2.45) is 28.2 Å². The number of benzene rings is 4. The highest BCUT2D eigenvalue weighted by Crippen LogP contribution is 2.35. The van der Waals surface area contributed by atoms with E-state index in [1.807, 2.05) is 12.1 Å². The fraction of sp³-hybridized carbons (Fsp3) is 0.190. The number of hydrogen-bond donors (Lipinski definition) is 1. The van der Waals surface area contributed by atoms with Crippen molar-refractivity contribution in [2.45, 2.75) is 40.4 Å². The molecule has 0 saturated carbocycles. The number of imidazole rings is 2. The minimum atomic E-state index is -4.49. The van der Waals surface area contributed by atoms with E-state index in [0.717, 1.165) is 56.3 Å². The second-order valence-corrected chi connectivity index (χ2v) is 17.3. The van der Waals surface area contributed by atoms with Gasteiger partial charge in [-0.05, 0) is 87.7 Å². The van der Waals surface area contributed by atoms with Crippen LogP contribution in [0.3, 0.4) is 0 Å². The van der Waals surface area contributed by atoms with Crippen LogP contribution in [0.25, 0.3) is 22.3 Å². The highest BCUT2D eigenvalue weighted by atomic mass is 79.9. The molecule has 0 aliphatic carbocycles. The van der Waals surface area contributed by atoms with Crippen LogP contribution < -0.4 is 22.5 Å². The third-order valence-electron chi connectivity index (χ3n) is 9.67. The van der Waals surface area contributed by atoms with Gasteiger partial charge < -0.3 is 9.13 Å². The Labute approximate surface area is 391 Å². The minimum absolute atomic E-state index is 0.154. The summed E-state index contributed by atoms with van der Waals surface area (Å²) in [7, 11) is 5.90. The van der Waals surface area contributed by atoms with Crippen molar-refractivity contribution < 1.29 is 26.3 Å². The molecule has 0 spiro atoms. The summed E-state index contributed by atoms with van der Waals surface area (Å²) in [5.41, 5.74) is -0.464. The Hall–Kier alpha value is -5.48. The fourth-order valence-corrected chi connectivity index (χ4v) is 8.17. The number of aryl methyl sites for hydroxylation is 2. The highest BCUT2D eigenvalue weighted by molar-refractivity contribution is 9.10. The van der Waals surface area contributed by atoms with E-state index in [9.17, 15) is 45.5 Å². The SMILES string of the molecule is Cn1c(=O)c2c(nc(Br)n2Cc2ccc(Cl)cc2)n(C)c1=O.Cn1c(=O)c2c(nc(Sc3cccc(C(F)(F)F)c3)n2Cc2ccc(Cl)cc2)n(C)c1=O.FC(F)(F)c1cccc(S)c1. The van der Waals surface area contributed by atoms with Crippen LogP contribution in [0.4, 0.5) is 26.3 Å². The van der Waals surface area contributed by atoms with Gasteiger partial charge in [0.2, 0.25) is 0 Å². The monoisotopic (exact) mass is 1040 g/mol. The fourth-order valence-electron chi connectivity index (χ4n) is 6.28. The first-order chi connectivity index (χ1) is 30.5. The van der Waals surface area contributed by atoms with Gasteiger partial charge in [-0.15, -0.1) is 12.6 Å². The molecule has 0 saturated heterocycles. The van der Waals surface area contributed by atoms with Gasteiger partial charge in [0.1, 0.15) is 0 Å². The number of hydrogen-bond acceptors (Lipinski definition) is 8. The van der Waals surface area contributed by atoms with Gasteiger partial charge in [-0.2, -0.15) is 26.3 Å². The maximum absolute atomic E-state index is 13.1. The third kappa shape index (κ3) is 11.0. The molecule has 340 valence electrons. The van der Waals surface area contributed by atoms with Crippen molar-refractivity contribution in [1.29, 1.82) is 0 Å². The summed E-state index contributed by atoms with van der Waals surface area (Å²) in [5.74, 6) is 0. The van der Waals surface area contributed by atoms with Crippen LogP contribution in [-0.2, 0) is 53.6 Å². The maximum Gasteiger partial charge on any atom is 0.416 e. The molecule has 0 radical (unpaired) electrons. The normalized spacial score (nSPS) is 11.7. The second kappa shape index (κ2) is 19.5. The molecule has 0 unspecified atom stereocenters. The Bertz CT molecular complexity index is 3310. The summed E-state index contributed by atoms with van der Waals surface area (Å²) in [6, 6.07) is 24.0. The third-order valence-corrected chi connectivity index (χ3v) is 12.0. The van der Waals surface area contributed by atoms with Gasteiger partial charge in [0.25, 0.3) is 11.1 Å². The minimum Gasteiger partial charge on any atom is -0.308 e. The summed E-state index contributed by atoms with van der Waals surface area (Å²) < 4.78 is 83.7. The van der Waals surface area contributed by atoms with E-state index in [4.69, 9.17) is 23.2 Å². The van der Waals surface area contributed by atoms with Crippen LogP contribution in [0.5, 0.6) is 0 Å². The maximum atomic E-state index is 13.1. The molecule has 0 bridgehead atoms. The summed E-state index contributed by atoms with van der Waals surface area (Å²) in [6.45, 7) is 0.657. The molecule has 4 heterocycles. The van der Waals surface area contributed by atoms with Crippen molar-refractivity contribution in [1.82, 2.24) is 37.4 Å². The standard InChI is InChI=1S/C21H16ClF3N4O2S.C14H12BrClN4O2.C7H5F3S/c1-27-17-16(18(30)28(2)20(27)31)29(11-12-6-8-14(22)9-7-12)19(26-17)32-15-5-3-4-13(10-15)21(23,24)25;1-18-11-10(12(21)19(2)14(18)22)20(13(15)17-11)7-8-3-5-9(16)6-4-8;8-7(9,10)5-2-1-3-6(11)4-5/h3-10H,11H2,1-2H3;3-6H,7H2,1-2H3;1-4,11H. The van der Waals surface area contributed by atoms with E-state index in [2.05, 4.69) is 38.5 Å². The molecular formula is C42H33BrCl2F6N8O4S2. The van der Waals surface area contributed by atoms with E-state index in [1.54, 1.807) is 52.6 Å². The van der Waals surface area contributed by atoms with Crippen molar-refractivity contribution in [3.8, 4) is 0 Å². The van der Waals surface area contributed by atoms with Crippen LogP contribution in [0.15, 0.2) is 136 Å². The Morgan fingerprint density at radius 3 is 1.49 bits per heavy atom. The average molecular weight is 1040 g/mol. The van der Waals surface area contributed by atoms with Crippen molar-refractivity contribution in [3.63, 3.8) is 0 Å². The zero-order valence-corrected chi connectivity index (χ0v) is 38.9. The molecule has 8 rings (SSSR count). The predicted molar refractivity (Wildman–Crippen MR) is 244 cm³/mol. The lowest BCUT2D eigenvalue weighted by Gasteiger charge is -2.11. The van der Waals surface area contributed by atoms with Gasteiger partial charge in [0.05, 0.1) is 24.2 Å². The summed E-state index contributed by atoms with van der Waals surface area (Å²) in [4.78, 5) is 59.0. The lowest BCUT2D eigenvalue weighted by molar-refractivity contribution is -0.138. The van der Waals surface area contributed by atoms with E-state index in [-0.39, 0.29) is 28.4 Å². The molecule has 0 N–H and O–H groups in total. The molecule has 0 aliphatic heterocycles. The number of fused-ring (bicyclic) bond motifs is 2. The number of rotatable bonds is 6. The first-order valence-corrected chi connectivity index (χ1v) is 21.5. The largest absolute Gasteiger partial charge is 0.416 e. The molecule has 0 amide bonds. The number of nitrogens with zero attached hydrogens (tertiary/aromatic N) is 8. The Morgan fingerprint density at radius 2 is 1.03 bits per heavy atom. The number of aromatic nitrogens is 8. The zero-order chi connectivity index (χ0) is 47.7. The van der Waals surface area contributed by atoms with Crippen molar-refractivity contribution in [2.75, 3.05) is 0 Å². The summed E-state index contributed by atoms with van der Waals surface area (Å²) in [6.07, 6.45) is -8.75. The smallest absolute Gasteiger partial charge is 0.308 e. The van der Waals surface area contributed by atoms with Crippen LogP contribution in [0.1, 0.15) is 22.3 Å². The summed E-state index contributed by atoms with van der Waals surface area (Å²) in [5, 5.41) is 1.48. The number of halogens is 9. The van der Waals surface area contributed by atoms with Crippen LogP contribution in [0.2, 0.25) is 10.0 Å². The van der Waals surface area contributed by atoms with Crippen molar-refractivity contribution in [3.05, 3.63) is 176 Å². The Morgan fingerprint density at radius 1 is 0.600 bits per heavy atom. The molecular weight excluding hydrogens is 1010 g/mol. The van der Waals surface area contributed by atoms with Gasteiger partial charge in [-0.25, -0.2) is 19.6 Å². The Kier molecular flexibility index (Phi) is 14.7. The van der Waals surface area contributed by atoms with E-state index < -0.39 is 40.4 Å². The van der Waals surface area contributed by atoms with Crippen LogP contribution in [-0.4, -0.2) is 37.4 Å². The number of thiol groups is 1. The predicted octanol–water partition coefficient (Wildman–Crippen LogP) is 9.20. The van der Waals surface area contributed by atoms with Crippen LogP contribution >= 0.6 is 63.5 Å². The van der Waals surface area contributed by atoms with Gasteiger partial charge in [-0.3, -0.25) is 27.9 Å².